The Kier molecular flexibility index (Phi) is 3.25. The summed E-state index contributed by atoms with van der Waals surface area (Å²) in [7, 11) is 0. The second-order valence-electron chi connectivity index (χ2n) is 5.28. The number of hydrogen-bond donors (Lipinski definition) is 2. The van der Waals surface area contributed by atoms with E-state index in [4.69, 9.17) is 4.74 Å². The number of halogens is 1. The summed E-state index contributed by atoms with van der Waals surface area (Å²) in [5.74, 6) is -0.811. The molecule has 3 rings (SSSR count). The summed E-state index contributed by atoms with van der Waals surface area (Å²) in [5.41, 5.74) is -1.45. The van der Waals surface area contributed by atoms with Crippen LogP contribution in [0, 0.1) is 5.82 Å². The van der Waals surface area contributed by atoms with Crippen LogP contribution in [0.4, 0.5) is 4.39 Å². The minimum absolute atomic E-state index is 0.0211. The van der Waals surface area contributed by atoms with Crippen LogP contribution in [0.5, 0.6) is 5.88 Å². The Morgan fingerprint density at radius 1 is 1.43 bits per heavy atom. The summed E-state index contributed by atoms with van der Waals surface area (Å²) in [6.07, 6.45) is 1.56. The average Bonchev–Trinajstić information content (AvgIpc) is 2.88. The molecular formula is C15H15FN2O3. The van der Waals surface area contributed by atoms with Gasteiger partial charge in [0.15, 0.2) is 0 Å². The first-order chi connectivity index (χ1) is 10.0. The highest BCUT2D eigenvalue weighted by atomic mass is 19.1. The van der Waals surface area contributed by atoms with E-state index in [1.165, 1.54) is 18.2 Å². The van der Waals surface area contributed by atoms with Crippen molar-refractivity contribution >= 4 is 0 Å². The summed E-state index contributed by atoms with van der Waals surface area (Å²) < 4.78 is 19.4. The van der Waals surface area contributed by atoms with Gasteiger partial charge in [0.25, 0.3) is 5.56 Å². The minimum Gasteiger partial charge on any atom is -0.493 e. The molecule has 21 heavy (non-hydrogen) atoms. The van der Waals surface area contributed by atoms with Crippen LogP contribution in [0.1, 0.15) is 25.6 Å². The highest BCUT2D eigenvalue weighted by Crippen LogP contribution is 2.35. The molecule has 0 spiro atoms. The summed E-state index contributed by atoms with van der Waals surface area (Å²) in [4.78, 5) is 18.9. The van der Waals surface area contributed by atoms with Crippen LogP contribution >= 0.6 is 0 Å². The zero-order chi connectivity index (χ0) is 15.0. The first kappa shape index (κ1) is 13.8. The van der Waals surface area contributed by atoms with Crippen molar-refractivity contribution in [1.29, 1.82) is 0 Å². The van der Waals surface area contributed by atoms with E-state index in [-0.39, 0.29) is 17.0 Å². The fourth-order valence-electron chi connectivity index (χ4n) is 2.58. The van der Waals surface area contributed by atoms with Crippen LogP contribution in [0.2, 0.25) is 0 Å². The molecule has 2 N–H and O–H groups in total. The van der Waals surface area contributed by atoms with E-state index in [0.29, 0.717) is 13.0 Å². The van der Waals surface area contributed by atoms with Crippen molar-refractivity contribution in [2.75, 3.05) is 6.61 Å². The third kappa shape index (κ3) is 2.31. The third-order valence-corrected chi connectivity index (χ3v) is 3.76. The highest BCUT2D eigenvalue weighted by Gasteiger charge is 2.35. The van der Waals surface area contributed by atoms with Crippen molar-refractivity contribution in [3.8, 4) is 17.0 Å². The maximum absolute atomic E-state index is 13.8. The van der Waals surface area contributed by atoms with Crippen molar-refractivity contribution in [3.05, 3.63) is 46.3 Å². The molecule has 1 aromatic carbocycles. The van der Waals surface area contributed by atoms with E-state index in [2.05, 4.69) is 9.97 Å². The number of hydrogen-bond acceptors (Lipinski definition) is 4. The lowest BCUT2D eigenvalue weighted by atomic mass is 10.0. The number of nitrogens with one attached hydrogen (secondary N) is 1. The molecule has 0 bridgehead atoms. The van der Waals surface area contributed by atoms with Gasteiger partial charge in [-0.2, -0.15) is 4.98 Å². The number of aromatic amines is 1. The van der Waals surface area contributed by atoms with Gasteiger partial charge in [-0.05, 0) is 25.8 Å². The fraction of sp³-hybridized carbons (Fsp3) is 0.333. The van der Waals surface area contributed by atoms with Gasteiger partial charge in [-0.3, -0.25) is 4.79 Å². The molecule has 1 aromatic heterocycles. The van der Waals surface area contributed by atoms with Gasteiger partial charge < -0.3 is 14.8 Å². The molecule has 0 amide bonds. The zero-order valence-electron chi connectivity index (χ0n) is 11.5. The Hall–Kier alpha value is -2.21. The monoisotopic (exact) mass is 290 g/mol. The van der Waals surface area contributed by atoms with Gasteiger partial charge in [0.1, 0.15) is 22.8 Å². The van der Waals surface area contributed by atoms with Crippen molar-refractivity contribution in [3.63, 3.8) is 0 Å². The van der Waals surface area contributed by atoms with Gasteiger partial charge in [0.05, 0.1) is 0 Å². The number of ether oxygens (including phenoxy) is 1. The summed E-state index contributed by atoms with van der Waals surface area (Å²) in [6, 6.07) is 5.75. The Morgan fingerprint density at radius 3 is 2.81 bits per heavy atom. The molecule has 6 heteroatoms. The predicted octanol–water partition coefficient (Wildman–Crippen LogP) is 2.31. The number of aromatic nitrogens is 2. The average molecular weight is 290 g/mol. The van der Waals surface area contributed by atoms with Crippen LogP contribution in [0.25, 0.3) is 11.1 Å². The molecule has 1 fully saturated rings. The quantitative estimate of drug-likeness (QED) is 0.890. The van der Waals surface area contributed by atoms with E-state index in [9.17, 15) is 14.3 Å². The molecule has 1 saturated heterocycles. The zero-order valence-corrected chi connectivity index (χ0v) is 11.5. The molecule has 2 heterocycles. The summed E-state index contributed by atoms with van der Waals surface area (Å²) >= 11 is 0. The molecule has 5 nitrogen and oxygen atoms in total. The Morgan fingerprint density at radius 2 is 2.19 bits per heavy atom. The maximum Gasteiger partial charge on any atom is 0.262 e. The first-order valence-electron chi connectivity index (χ1n) is 6.74. The maximum atomic E-state index is 13.8. The molecule has 0 radical (unpaired) electrons. The topological polar surface area (TPSA) is 75.2 Å². The van der Waals surface area contributed by atoms with Gasteiger partial charge in [-0.1, -0.05) is 18.2 Å². The van der Waals surface area contributed by atoms with Crippen LogP contribution in [0.3, 0.4) is 0 Å². The van der Waals surface area contributed by atoms with Crippen LogP contribution in [-0.2, 0) is 10.3 Å². The first-order valence-corrected chi connectivity index (χ1v) is 6.74. The second kappa shape index (κ2) is 4.96. The van der Waals surface area contributed by atoms with Gasteiger partial charge in [-0.25, -0.2) is 4.39 Å². The Labute approximate surface area is 120 Å². The van der Waals surface area contributed by atoms with Crippen LogP contribution in [-0.4, -0.2) is 21.7 Å². The number of benzene rings is 1. The molecule has 1 aliphatic rings. The summed E-state index contributed by atoms with van der Waals surface area (Å²) in [6.45, 7) is 2.39. The summed E-state index contributed by atoms with van der Waals surface area (Å²) in [5, 5.41) is 10.1. The Bertz CT molecular complexity index is 736. The van der Waals surface area contributed by atoms with Crippen LogP contribution in [0.15, 0.2) is 29.1 Å². The SMILES string of the molecule is CC1(c2nc(O)c(-c3ccccc3F)c(=O)[nH]2)CCCO1. The number of nitrogens with zero attached hydrogens (tertiary/aromatic N) is 1. The van der Waals surface area contributed by atoms with Crippen LogP contribution < -0.4 is 5.56 Å². The molecule has 1 aliphatic heterocycles. The van der Waals surface area contributed by atoms with Crippen molar-refractivity contribution in [1.82, 2.24) is 9.97 Å². The molecule has 110 valence electrons. The van der Waals surface area contributed by atoms with Gasteiger partial charge in [-0.15, -0.1) is 0 Å². The second-order valence-corrected chi connectivity index (χ2v) is 5.28. The molecule has 1 unspecified atom stereocenters. The van der Waals surface area contributed by atoms with Crippen molar-refractivity contribution in [2.24, 2.45) is 0 Å². The highest BCUT2D eigenvalue weighted by molar-refractivity contribution is 5.67. The molecular weight excluding hydrogens is 275 g/mol. The smallest absolute Gasteiger partial charge is 0.262 e. The normalized spacial score (nSPS) is 21.6. The van der Waals surface area contributed by atoms with Gasteiger partial charge >= 0.3 is 0 Å². The predicted molar refractivity (Wildman–Crippen MR) is 74.5 cm³/mol. The van der Waals surface area contributed by atoms with E-state index >= 15 is 0 Å². The minimum atomic E-state index is -0.718. The van der Waals surface area contributed by atoms with Crippen molar-refractivity contribution < 1.29 is 14.2 Å². The third-order valence-electron chi connectivity index (χ3n) is 3.76. The van der Waals surface area contributed by atoms with Crippen molar-refractivity contribution in [2.45, 2.75) is 25.4 Å². The largest absolute Gasteiger partial charge is 0.493 e. The lowest BCUT2D eigenvalue weighted by molar-refractivity contribution is 0.00871. The lowest BCUT2D eigenvalue weighted by Gasteiger charge is -2.22. The molecule has 2 aromatic rings. The molecule has 0 saturated carbocycles. The molecule has 0 aliphatic carbocycles. The Balaban J connectivity index is 2.14. The van der Waals surface area contributed by atoms with Gasteiger partial charge in [0, 0.05) is 12.2 Å². The number of H-pyrrole nitrogens is 1. The van der Waals surface area contributed by atoms with E-state index < -0.39 is 22.9 Å². The number of aromatic hydroxyl groups is 1. The standard InChI is InChI=1S/C15H15FN2O3/c1-15(7-4-8-21-15)14-17-12(19)11(13(20)18-14)9-5-2-3-6-10(9)16/h2-3,5-6H,4,7-8H2,1H3,(H2,17,18,19,20). The van der Waals surface area contributed by atoms with E-state index in [1.807, 2.05) is 0 Å². The number of rotatable bonds is 2. The molecule has 1 atom stereocenters. The van der Waals surface area contributed by atoms with E-state index in [1.54, 1.807) is 13.0 Å². The lowest BCUT2D eigenvalue weighted by Crippen LogP contribution is -2.27. The fourth-order valence-corrected chi connectivity index (χ4v) is 2.58. The van der Waals surface area contributed by atoms with E-state index in [0.717, 1.165) is 6.42 Å². The van der Waals surface area contributed by atoms with Gasteiger partial charge in [0.2, 0.25) is 5.88 Å².